The first-order valence-corrected chi connectivity index (χ1v) is 9.53. The molecule has 1 unspecified atom stereocenters. The van der Waals surface area contributed by atoms with Gasteiger partial charge in [-0.05, 0) is 29.8 Å². The molecule has 2 aromatic carbocycles. The van der Waals surface area contributed by atoms with E-state index in [1.54, 1.807) is 10.5 Å². The molecule has 1 atom stereocenters. The highest BCUT2D eigenvalue weighted by molar-refractivity contribution is 6.06. The minimum Gasteiger partial charge on any atom is -0.326 e. The molecule has 0 saturated heterocycles. The number of nitrogens with one attached hydrogen (secondary N) is 2. The number of halogens is 1. The van der Waals surface area contributed by atoms with Gasteiger partial charge in [0.1, 0.15) is 23.0 Å². The Morgan fingerprint density at radius 2 is 1.90 bits per heavy atom. The molecule has 0 bridgehead atoms. The lowest BCUT2D eigenvalue weighted by molar-refractivity contribution is -0.123. The van der Waals surface area contributed by atoms with Gasteiger partial charge >= 0.3 is 0 Å². The van der Waals surface area contributed by atoms with Crippen LogP contribution in [-0.2, 0) is 9.59 Å². The fraction of sp³-hybridized carbons (Fsp3) is 0.0870. The number of carbonyl (C=O) groups is 2. The average molecular weight is 400 g/mol. The molecular weight excluding hydrogens is 383 g/mol. The van der Waals surface area contributed by atoms with Gasteiger partial charge in [0.25, 0.3) is 0 Å². The van der Waals surface area contributed by atoms with Crippen molar-refractivity contribution in [2.75, 3.05) is 10.6 Å². The predicted octanol–water partition coefficient (Wildman–Crippen LogP) is 4.20. The molecule has 2 N–H and O–H groups in total. The summed E-state index contributed by atoms with van der Waals surface area (Å²) in [5.41, 5.74) is 3.10. The highest BCUT2D eigenvalue weighted by Gasteiger charge is 2.32. The number of rotatable bonds is 3. The Hall–Kier alpha value is -4.00. The summed E-state index contributed by atoms with van der Waals surface area (Å²) in [6.45, 7) is 0. The van der Waals surface area contributed by atoms with E-state index in [-0.39, 0.29) is 18.2 Å². The van der Waals surface area contributed by atoms with E-state index >= 15 is 0 Å². The first-order valence-electron chi connectivity index (χ1n) is 9.53. The van der Waals surface area contributed by atoms with Crippen LogP contribution in [0.5, 0.6) is 0 Å². The van der Waals surface area contributed by atoms with Crippen molar-refractivity contribution in [3.8, 4) is 11.3 Å². The molecule has 1 aliphatic rings. The van der Waals surface area contributed by atoms with Crippen LogP contribution in [0.2, 0.25) is 0 Å². The van der Waals surface area contributed by atoms with Crippen molar-refractivity contribution in [1.29, 1.82) is 0 Å². The van der Waals surface area contributed by atoms with Gasteiger partial charge in [-0.25, -0.2) is 9.37 Å². The van der Waals surface area contributed by atoms with Crippen LogP contribution in [0.25, 0.3) is 16.9 Å². The number of nitrogens with zero attached hydrogens (tertiary/aromatic N) is 2. The number of amides is 2. The third-order valence-corrected chi connectivity index (χ3v) is 5.19. The molecule has 30 heavy (non-hydrogen) atoms. The normalized spacial score (nSPS) is 15.5. The quantitative estimate of drug-likeness (QED) is 0.541. The van der Waals surface area contributed by atoms with Crippen LogP contribution < -0.4 is 10.6 Å². The topological polar surface area (TPSA) is 75.5 Å². The number of aromatic nitrogens is 2. The fourth-order valence-corrected chi connectivity index (χ4v) is 3.79. The summed E-state index contributed by atoms with van der Waals surface area (Å²) in [6, 6.07) is 19.2. The van der Waals surface area contributed by atoms with E-state index in [1.165, 1.54) is 12.1 Å². The lowest BCUT2D eigenvalue weighted by atomic mass is 9.89. The molecule has 5 rings (SSSR count). The van der Waals surface area contributed by atoms with Crippen molar-refractivity contribution in [3.63, 3.8) is 0 Å². The van der Waals surface area contributed by atoms with Crippen molar-refractivity contribution in [1.82, 2.24) is 9.38 Å². The van der Waals surface area contributed by atoms with Gasteiger partial charge in [0.15, 0.2) is 0 Å². The van der Waals surface area contributed by atoms with E-state index in [1.807, 2.05) is 54.7 Å². The molecule has 2 amide bonds. The Bertz CT molecular complexity index is 1280. The van der Waals surface area contributed by atoms with E-state index in [9.17, 15) is 14.0 Å². The first-order chi connectivity index (χ1) is 14.6. The molecule has 148 valence electrons. The number of carbonyl (C=O) groups excluding carboxylic acids is 2. The zero-order valence-corrected chi connectivity index (χ0v) is 15.8. The second kappa shape index (κ2) is 7.11. The number of hydrogen-bond acceptors (Lipinski definition) is 3. The predicted molar refractivity (Wildman–Crippen MR) is 112 cm³/mol. The monoisotopic (exact) mass is 400 g/mol. The zero-order valence-electron chi connectivity index (χ0n) is 15.8. The van der Waals surface area contributed by atoms with Crippen molar-refractivity contribution >= 4 is 29.0 Å². The lowest BCUT2D eigenvalue weighted by Gasteiger charge is -2.25. The maximum absolute atomic E-state index is 13.6. The van der Waals surface area contributed by atoms with Gasteiger partial charge in [-0.3, -0.25) is 14.0 Å². The van der Waals surface area contributed by atoms with Crippen molar-refractivity contribution in [2.45, 2.75) is 12.3 Å². The van der Waals surface area contributed by atoms with Crippen molar-refractivity contribution in [3.05, 3.63) is 84.3 Å². The zero-order chi connectivity index (χ0) is 20.7. The summed E-state index contributed by atoms with van der Waals surface area (Å²) in [7, 11) is 0. The number of hydrogen-bond donors (Lipinski definition) is 2. The highest BCUT2D eigenvalue weighted by atomic mass is 19.1. The Labute approximate surface area is 171 Å². The van der Waals surface area contributed by atoms with Crippen LogP contribution in [0.1, 0.15) is 17.9 Å². The van der Waals surface area contributed by atoms with E-state index in [0.29, 0.717) is 28.4 Å². The van der Waals surface area contributed by atoms with Crippen LogP contribution in [0.15, 0.2) is 72.9 Å². The number of fused-ring (bicyclic) bond motifs is 2. The van der Waals surface area contributed by atoms with Crippen LogP contribution in [0.4, 0.5) is 15.9 Å². The molecule has 6 nitrogen and oxygen atoms in total. The molecule has 3 heterocycles. The minimum absolute atomic E-state index is 0.0120. The molecule has 0 fully saturated rings. The first kappa shape index (κ1) is 18.1. The SMILES string of the molecule is O=C1CC(C(=O)Nc2c(-c3ccccc3)nc3ccccn23)c2ccc(F)cc2N1. The molecule has 4 aromatic rings. The maximum atomic E-state index is 13.6. The number of benzene rings is 2. The van der Waals surface area contributed by atoms with E-state index < -0.39 is 11.7 Å². The molecule has 0 radical (unpaired) electrons. The van der Waals surface area contributed by atoms with Gasteiger partial charge in [-0.15, -0.1) is 0 Å². The van der Waals surface area contributed by atoms with Crippen LogP contribution in [0, 0.1) is 5.82 Å². The molecular formula is C23H17FN4O2. The van der Waals surface area contributed by atoms with E-state index in [4.69, 9.17) is 0 Å². The summed E-state index contributed by atoms with van der Waals surface area (Å²) in [6.07, 6.45) is 1.81. The van der Waals surface area contributed by atoms with Gasteiger partial charge in [-0.1, -0.05) is 42.5 Å². The summed E-state index contributed by atoms with van der Waals surface area (Å²) in [5.74, 6) is -1.35. The highest BCUT2D eigenvalue weighted by Crippen LogP contribution is 2.35. The third-order valence-electron chi connectivity index (χ3n) is 5.19. The van der Waals surface area contributed by atoms with E-state index in [2.05, 4.69) is 15.6 Å². The molecule has 1 aliphatic heterocycles. The largest absolute Gasteiger partial charge is 0.326 e. The molecule has 0 aliphatic carbocycles. The summed E-state index contributed by atoms with van der Waals surface area (Å²) < 4.78 is 15.4. The second-order valence-corrected chi connectivity index (χ2v) is 7.13. The van der Waals surface area contributed by atoms with Gasteiger partial charge in [-0.2, -0.15) is 0 Å². The maximum Gasteiger partial charge on any atom is 0.233 e. The lowest BCUT2D eigenvalue weighted by Crippen LogP contribution is -2.31. The molecule has 0 spiro atoms. The van der Waals surface area contributed by atoms with Crippen molar-refractivity contribution in [2.24, 2.45) is 0 Å². The smallest absolute Gasteiger partial charge is 0.233 e. The Kier molecular flexibility index (Phi) is 4.28. The van der Waals surface area contributed by atoms with Crippen LogP contribution >= 0.6 is 0 Å². The Morgan fingerprint density at radius 1 is 1.10 bits per heavy atom. The third kappa shape index (κ3) is 3.10. The number of anilines is 2. The Morgan fingerprint density at radius 3 is 2.73 bits per heavy atom. The minimum atomic E-state index is -0.729. The summed E-state index contributed by atoms with van der Waals surface area (Å²) in [5, 5.41) is 5.60. The summed E-state index contributed by atoms with van der Waals surface area (Å²) in [4.78, 5) is 30.1. The van der Waals surface area contributed by atoms with Gasteiger partial charge in [0.2, 0.25) is 11.8 Å². The standard InChI is InChI=1S/C23H17FN4O2/c24-15-9-10-16-17(13-20(29)25-18(16)12-15)23(30)27-22-21(14-6-2-1-3-7-14)26-19-8-4-5-11-28(19)22/h1-12,17H,13H2,(H,25,29)(H,27,30). The second-order valence-electron chi connectivity index (χ2n) is 7.13. The summed E-state index contributed by atoms with van der Waals surface area (Å²) >= 11 is 0. The van der Waals surface area contributed by atoms with Gasteiger partial charge in [0.05, 0.1) is 5.92 Å². The van der Waals surface area contributed by atoms with Crippen molar-refractivity contribution < 1.29 is 14.0 Å². The van der Waals surface area contributed by atoms with Crippen LogP contribution in [-0.4, -0.2) is 21.2 Å². The van der Waals surface area contributed by atoms with E-state index in [0.717, 1.165) is 5.56 Å². The molecule has 7 heteroatoms. The Balaban J connectivity index is 1.57. The molecule has 0 saturated carbocycles. The number of pyridine rings is 1. The van der Waals surface area contributed by atoms with Gasteiger partial charge in [0, 0.05) is 23.9 Å². The average Bonchev–Trinajstić information content (AvgIpc) is 3.12. The number of imidazole rings is 1. The molecule has 2 aromatic heterocycles. The fourth-order valence-electron chi connectivity index (χ4n) is 3.79. The van der Waals surface area contributed by atoms with Gasteiger partial charge < -0.3 is 10.6 Å². The van der Waals surface area contributed by atoms with Crippen LogP contribution in [0.3, 0.4) is 0 Å².